The average Bonchev–Trinajstić information content (AvgIpc) is 2.42. The molecule has 0 fully saturated rings. The number of hydrogen-bond acceptors (Lipinski definition) is 3. The number of ether oxygens (including phenoxy) is 1. The number of nitrogens with one attached hydrogen (secondary N) is 1. The quantitative estimate of drug-likeness (QED) is 0.862. The summed E-state index contributed by atoms with van der Waals surface area (Å²) >= 11 is 6.28. The van der Waals surface area contributed by atoms with Crippen molar-refractivity contribution in [2.75, 3.05) is 6.54 Å². The molecule has 1 aromatic carbocycles. The van der Waals surface area contributed by atoms with E-state index in [4.69, 9.17) is 16.3 Å². The fourth-order valence-electron chi connectivity index (χ4n) is 1.77. The van der Waals surface area contributed by atoms with Crippen LogP contribution in [0.3, 0.4) is 0 Å². The maximum absolute atomic E-state index is 6.28. The van der Waals surface area contributed by atoms with Gasteiger partial charge in [0, 0.05) is 17.8 Å². The minimum atomic E-state index is 0.627. The van der Waals surface area contributed by atoms with Crippen molar-refractivity contribution in [1.29, 1.82) is 0 Å². The molecule has 1 aromatic heterocycles. The fraction of sp³-hybridized carbons (Fsp3) is 0.312. The molecule has 0 saturated heterocycles. The van der Waals surface area contributed by atoms with Crippen molar-refractivity contribution in [1.82, 2.24) is 10.3 Å². The van der Waals surface area contributed by atoms with Gasteiger partial charge in [-0.1, -0.05) is 31.5 Å². The van der Waals surface area contributed by atoms with Gasteiger partial charge in [-0.2, -0.15) is 0 Å². The van der Waals surface area contributed by atoms with Crippen LogP contribution in [0.5, 0.6) is 11.5 Å². The Hall–Kier alpha value is -1.58. The molecule has 0 atom stereocenters. The number of hydrogen-bond donors (Lipinski definition) is 1. The van der Waals surface area contributed by atoms with E-state index in [0.717, 1.165) is 24.4 Å². The fourth-order valence-corrected chi connectivity index (χ4v) is 2.01. The molecule has 1 heterocycles. The van der Waals surface area contributed by atoms with E-state index in [1.807, 2.05) is 30.3 Å². The van der Waals surface area contributed by atoms with Gasteiger partial charge < -0.3 is 10.1 Å². The summed E-state index contributed by atoms with van der Waals surface area (Å²) in [5.74, 6) is 2.05. The molecule has 0 radical (unpaired) electrons. The Bertz CT molecular complexity index is 543. The van der Waals surface area contributed by atoms with Crippen LogP contribution >= 0.6 is 11.6 Å². The van der Waals surface area contributed by atoms with E-state index in [9.17, 15) is 0 Å². The zero-order valence-electron chi connectivity index (χ0n) is 11.8. The van der Waals surface area contributed by atoms with Crippen LogP contribution in [0.25, 0.3) is 0 Å². The molecule has 0 bridgehead atoms. The SMILES string of the molecule is CC(C)CNCc1ccc(Oc2cccnc2)cc1Cl. The summed E-state index contributed by atoms with van der Waals surface area (Å²) in [5.41, 5.74) is 1.07. The molecule has 3 nitrogen and oxygen atoms in total. The highest BCUT2D eigenvalue weighted by molar-refractivity contribution is 6.31. The summed E-state index contributed by atoms with van der Waals surface area (Å²) < 4.78 is 5.69. The summed E-state index contributed by atoms with van der Waals surface area (Å²) in [4.78, 5) is 4.01. The summed E-state index contributed by atoms with van der Waals surface area (Å²) in [6, 6.07) is 9.44. The second-order valence-corrected chi connectivity index (χ2v) is 5.48. The van der Waals surface area contributed by atoms with E-state index >= 15 is 0 Å². The summed E-state index contributed by atoms with van der Waals surface area (Å²) in [5, 5.41) is 4.09. The largest absolute Gasteiger partial charge is 0.456 e. The van der Waals surface area contributed by atoms with Gasteiger partial charge in [0.05, 0.1) is 6.20 Å². The van der Waals surface area contributed by atoms with Gasteiger partial charge >= 0.3 is 0 Å². The maximum atomic E-state index is 6.28. The summed E-state index contributed by atoms with van der Waals surface area (Å²) in [6.07, 6.45) is 3.38. The lowest BCUT2D eigenvalue weighted by Gasteiger charge is -2.10. The summed E-state index contributed by atoms with van der Waals surface area (Å²) in [6.45, 7) is 6.10. The molecule has 0 unspecified atom stereocenters. The first-order valence-corrected chi connectivity index (χ1v) is 7.10. The molecule has 4 heteroatoms. The van der Waals surface area contributed by atoms with Crippen LogP contribution in [-0.2, 0) is 6.54 Å². The van der Waals surface area contributed by atoms with Gasteiger partial charge in [0.2, 0.25) is 0 Å². The van der Waals surface area contributed by atoms with Crippen molar-refractivity contribution < 1.29 is 4.74 Å². The molecule has 1 N–H and O–H groups in total. The molecule has 0 aliphatic carbocycles. The minimum absolute atomic E-state index is 0.627. The minimum Gasteiger partial charge on any atom is -0.456 e. The molecular formula is C16H19ClN2O. The second-order valence-electron chi connectivity index (χ2n) is 5.07. The zero-order chi connectivity index (χ0) is 14.4. The first-order chi connectivity index (χ1) is 9.65. The van der Waals surface area contributed by atoms with E-state index < -0.39 is 0 Å². The maximum Gasteiger partial charge on any atom is 0.145 e. The van der Waals surface area contributed by atoms with Crippen LogP contribution in [0.2, 0.25) is 5.02 Å². The molecule has 20 heavy (non-hydrogen) atoms. The molecule has 0 saturated carbocycles. The number of halogens is 1. The standard InChI is InChI=1S/C16H19ClN2O/c1-12(2)9-19-10-13-5-6-14(8-16(13)17)20-15-4-3-7-18-11-15/h3-8,11-12,19H,9-10H2,1-2H3. The van der Waals surface area contributed by atoms with Crippen molar-refractivity contribution >= 4 is 11.6 Å². The Morgan fingerprint density at radius 3 is 2.75 bits per heavy atom. The third-order valence-corrected chi connectivity index (χ3v) is 3.11. The topological polar surface area (TPSA) is 34.1 Å². The molecule has 2 rings (SSSR count). The van der Waals surface area contributed by atoms with Crippen molar-refractivity contribution in [3.05, 3.63) is 53.3 Å². The lowest BCUT2D eigenvalue weighted by atomic mass is 10.2. The monoisotopic (exact) mass is 290 g/mol. The Labute approximate surface area is 124 Å². The Morgan fingerprint density at radius 2 is 2.10 bits per heavy atom. The van der Waals surface area contributed by atoms with Gasteiger partial charge in [0.25, 0.3) is 0 Å². The smallest absolute Gasteiger partial charge is 0.145 e. The highest BCUT2D eigenvalue weighted by Crippen LogP contribution is 2.26. The lowest BCUT2D eigenvalue weighted by molar-refractivity contribution is 0.480. The van der Waals surface area contributed by atoms with Crippen LogP contribution in [0, 0.1) is 5.92 Å². The molecule has 106 valence electrons. The van der Waals surface area contributed by atoms with Crippen molar-refractivity contribution in [3.8, 4) is 11.5 Å². The van der Waals surface area contributed by atoms with Crippen LogP contribution in [0.1, 0.15) is 19.4 Å². The number of rotatable bonds is 6. The molecule has 2 aromatic rings. The van der Waals surface area contributed by atoms with Gasteiger partial charge in [0.1, 0.15) is 11.5 Å². The predicted molar refractivity (Wildman–Crippen MR) is 82.3 cm³/mol. The van der Waals surface area contributed by atoms with E-state index in [-0.39, 0.29) is 0 Å². The van der Waals surface area contributed by atoms with Gasteiger partial charge in [0.15, 0.2) is 0 Å². The highest BCUT2D eigenvalue weighted by atomic mass is 35.5. The number of nitrogens with zero attached hydrogens (tertiary/aromatic N) is 1. The van der Waals surface area contributed by atoms with Crippen LogP contribution in [-0.4, -0.2) is 11.5 Å². The normalized spacial score (nSPS) is 10.8. The molecule has 0 amide bonds. The molecule has 0 spiro atoms. The first kappa shape index (κ1) is 14.8. The van der Waals surface area contributed by atoms with Gasteiger partial charge in [-0.25, -0.2) is 0 Å². The number of benzene rings is 1. The predicted octanol–water partition coefficient (Wildman–Crippen LogP) is 4.27. The highest BCUT2D eigenvalue weighted by Gasteiger charge is 2.04. The van der Waals surface area contributed by atoms with Crippen LogP contribution < -0.4 is 10.1 Å². The van der Waals surface area contributed by atoms with Gasteiger partial charge in [-0.3, -0.25) is 4.98 Å². The first-order valence-electron chi connectivity index (χ1n) is 6.72. The van der Waals surface area contributed by atoms with Crippen LogP contribution in [0.4, 0.5) is 0 Å². The molecule has 0 aliphatic heterocycles. The molecule has 0 aliphatic rings. The van der Waals surface area contributed by atoms with E-state index in [1.165, 1.54) is 0 Å². The van der Waals surface area contributed by atoms with Crippen molar-refractivity contribution in [3.63, 3.8) is 0 Å². The average molecular weight is 291 g/mol. The van der Waals surface area contributed by atoms with Gasteiger partial charge in [-0.05, 0) is 42.3 Å². The third-order valence-electron chi connectivity index (χ3n) is 2.76. The van der Waals surface area contributed by atoms with Gasteiger partial charge in [-0.15, -0.1) is 0 Å². The van der Waals surface area contributed by atoms with E-state index in [2.05, 4.69) is 24.1 Å². The summed E-state index contributed by atoms with van der Waals surface area (Å²) in [7, 11) is 0. The molecular weight excluding hydrogens is 272 g/mol. The van der Waals surface area contributed by atoms with E-state index in [0.29, 0.717) is 16.7 Å². The second kappa shape index (κ2) is 7.27. The van der Waals surface area contributed by atoms with E-state index in [1.54, 1.807) is 12.4 Å². The van der Waals surface area contributed by atoms with Crippen molar-refractivity contribution in [2.45, 2.75) is 20.4 Å². The Balaban J connectivity index is 1.98. The zero-order valence-corrected chi connectivity index (χ0v) is 12.5. The Morgan fingerprint density at radius 1 is 1.25 bits per heavy atom. The third kappa shape index (κ3) is 4.51. The van der Waals surface area contributed by atoms with Crippen LogP contribution in [0.15, 0.2) is 42.7 Å². The lowest BCUT2D eigenvalue weighted by Crippen LogP contribution is -2.19. The van der Waals surface area contributed by atoms with Crippen molar-refractivity contribution in [2.24, 2.45) is 5.92 Å². The number of pyridine rings is 1. The number of aromatic nitrogens is 1. The Kier molecular flexibility index (Phi) is 5.39.